The minimum atomic E-state index is -3.63. The maximum atomic E-state index is 13.0. The number of carbonyl (C=O) groups is 1. The van der Waals surface area contributed by atoms with E-state index in [1.165, 1.54) is 0 Å². The highest BCUT2D eigenvalue weighted by Gasteiger charge is 2.33. The first-order valence-electron chi connectivity index (χ1n) is 10.1. The van der Waals surface area contributed by atoms with E-state index < -0.39 is 16.1 Å². The van der Waals surface area contributed by atoms with E-state index in [1.54, 1.807) is 24.3 Å². The summed E-state index contributed by atoms with van der Waals surface area (Å²) in [6.45, 7) is 9.67. The smallest absolute Gasteiger partial charge is 0.263 e. The molecule has 8 nitrogen and oxygen atoms in total. The zero-order valence-corrected chi connectivity index (χ0v) is 18.0. The zero-order valence-electron chi connectivity index (χ0n) is 17.2. The second kappa shape index (κ2) is 9.23. The predicted molar refractivity (Wildman–Crippen MR) is 111 cm³/mol. The van der Waals surface area contributed by atoms with Crippen LogP contribution in [0.3, 0.4) is 0 Å². The van der Waals surface area contributed by atoms with Crippen molar-refractivity contribution in [2.45, 2.75) is 44.2 Å². The van der Waals surface area contributed by atoms with Gasteiger partial charge in [0.1, 0.15) is 11.9 Å². The molecule has 1 unspecified atom stereocenters. The number of fused-ring (bicyclic) bond motifs is 1. The van der Waals surface area contributed by atoms with Crippen LogP contribution in [0.4, 0.5) is 0 Å². The van der Waals surface area contributed by atoms with Gasteiger partial charge in [0.25, 0.3) is 10.0 Å². The summed E-state index contributed by atoms with van der Waals surface area (Å²) >= 11 is 0. The SMILES string of the molecule is CC[C@H](C)[C@H](N=C1NS(=O)(=O)c2ccccc21)C(=O)NCC(C)N1CCOCC1. The Kier molecular flexibility index (Phi) is 6.92. The van der Waals surface area contributed by atoms with Crippen LogP contribution in [0, 0.1) is 5.92 Å². The molecule has 160 valence electrons. The molecule has 1 amide bonds. The summed E-state index contributed by atoms with van der Waals surface area (Å²) in [6, 6.07) is 6.21. The number of amides is 1. The van der Waals surface area contributed by atoms with E-state index >= 15 is 0 Å². The van der Waals surface area contributed by atoms with Gasteiger partial charge in [-0.25, -0.2) is 8.42 Å². The molecular weight excluding hydrogens is 392 g/mol. The van der Waals surface area contributed by atoms with Gasteiger partial charge >= 0.3 is 0 Å². The second-order valence-corrected chi connectivity index (χ2v) is 9.30. The molecule has 0 spiro atoms. The third-order valence-corrected chi connectivity index (χ3v) is 7.02. The average molecular weight is 423 g/mol. The van der Waals surface area contributed by atoms with Gasteiger partial charge in [-0.2, -0.15) is 0 Å². The summed E-state index contributed by atoms with van der Waals surface area (Å²) < 4.78 is 32.5. The lowest BCUT2D eigenvalue weighted by Crippen LogP contribution is -2.49. The van der Waals surface area contributed by atoms with Gasteiger partial charge in [-0.3, -0.25) is 19.4 Å². The molecule has 1 aromatic rings. The number of hydrogen-bond donors (Lipinski definition) is 2. The number of nitrogens with one attached hydrogen (secondary N) is 2. The number of hydrogen-bond acceptors (Lipinski definition) is 6. The molecule has 2 heterocycles. The number of aliphatic imine (C=N–C) groups is 1. The Labute approximate surface area is 172 Å². The molecule has 1 aromatic carbocycles. The Hall–Kier alpha value is -1.97. The molecule has 0 bridgehead atoms. The van der Waals surface area contributed by atoms with Crippen LogP contribution in [0.15, 0.2) is 34.2 Å². The van der Waals surface area contributed by atoms with Crippen LogP contribution in [0.1, 0.15) is 32.8 Å². The van der Waals surface area contributed by atoms with Crippen LogP contribution in [0.5, 0.6) is 0 Å². The van der Waals surface area contributed by atoms with Crippen molar-refractivity contribution >= 4 is 21.8 Å². The molecular formula is C20H30N4O4S. The minimum Gasteiger partial charge on any atom is -0.379 e. The fourth-order valence-electron chi connectivity index (χ4n) is 3.54. The Balaban J connectivity index is 1.75. The monoisotopic (exact) mass is 422 g/mol. The van der Waals surface area contributed by atoms with Crippen molar-refractivity contribution in [2.75, 3.05) is 32.8 Å². The lowest BCUT2D eigenvalue weighted by Gasteiger charge is -2.32. The lowest BCUT2D eigenvalue weighted by molar-refractivity contribution is -0.123. The Morgan fingerprint density at radius 2 is 1.97 bits per heavy atom. The van der Waals surface area contributed by atoms with Crippen molar-refractivity contribution in [2.24, 2.45) is 10.9 Å². The third-order valence-electron chi connectivity index (χ3n) is 5.62. The van der Waals surface area contributed by atoms with Gasteiger partial charge in [0.2, 0.25) is 5.91 Å². The van der Waals surface area contributed by atoms with E-state index in [9.17, 15) is 13.2 Å². The van der Waals surface area contributed by atoms with Crippen molar-refractivity contribution in [3.8, 4) is 0 Å². The van der Waals surface area contributed by atoms with Gasteiger partial charge in [0.05, 0.1) is 18.1 Å². The number of sulfonamides is 1. The van der Waals surface area contributed by atoms with Crippen LogP contribution < -0.4 is 10.0 Å². The predicted octanol–water partition coefficient (Wildman–Crippen LogP) is 0.977. The van der Waals surface area contributed by atoms with Crippen molar-refractivity contribution in [1.29, 1.82) is 0 Å². The minimum absolute atomic E-state index is 0.0292. The van der Waals surface area contributed by atoms with E-state index in [1.807, 2.05) is 13.8 Å². The number of nitrogens with zero attached hydrogens (tertiary/aromatic N) is 2. The largest absolute Gasteiger partial charge is 0.379 e. The highest BCUT2D eigenvalue weighted by molar-refractivity contribution is 7.90. The summed E-state index contributed by atoms with van der Waals surface area (Å²) in [4.78, 5) is 20.0. The molecule has 2 aliphatic rings. The van der Waals surface area contributed by atoms with E-state index in [2.05, 4.69) is 26.9 Å². The number of morpholine rings is 1. The first kappa shape index (κ1) is 21.7. The molecule has 29 heavy (non-hydrogen) atoms. The quantitative estimate of drug-likeness (QED) is 0.682. The molecule has 0 aliphatic carbocycles. The summed E-state index contributed by atoms with van der Waals surface area (Å²) in [7, 11) is -3.63. The van der Waals surface area contributed by atoms with Gasteiger partial charge in [-0.15, -0.1) is 0 Å². The second-order valence-electron chi connectivity index (χ2n) is 7.65. The van der Waals surface area contributed by atoms with Crippen molar-refractivity contribution < 1.29 is 17.9 Å². The Morgan fingerprint density at radius 1 is 1.28 bits per heavy atom. The lowest BCUT2D eigenvalue weighted by atomic mass is 9.98. The Morgan fingerprint density at radius 3 is 2.66 bits per heavy atom. The third kappa shape index (κ3) is 4.96. The molecule has 3 rings (SSSR count). The molecule has 0 radical (unpaired) electrons. The molecule has 2 aliphatic heterocycles. The molecule has 0 aromatic heterocycles. The number of rotatable bonds is 7. The molecule has 0 saturated carbocycles. The molecule has 2 N–H and O–H groups in total. The number of carbonyl (C=O) groups excluding carboxylic acids is 1. The van der Waals surface area contributed by atoms with Crippen LogP contribution in [-0.2, 0) is 19.6 Å². The standard InChI is InChI=1S/C20H30N4O4S/c1-4-14(2)18(20(25)21-13-15(3)24-9-11-28-12-10-24)22-19-16-7-5-6-8-17(16)29(26,27)23-19/h5-8,14-15,18H,4,9-13H2,1-3H3,(H,21,25)(H,22,23)/t14-,15?,18-/m0/s1. The van der Waals surface area contributed by atoms with Crippen LogP contribution >= 0.6 is 0 Å². The number of ether oxygens (including phenoxy) is 1. The number of benzene rings is 1. The van der Waals surface area contributed by atoms with E-state index in [0.29, 0.717) is 25.3 Å². The molecule has 1 saturated heterocycles. The highest BCUT2D eigenvalue weighted by atomic mass is 32.2. The fourth-order valence-corrected chi connectivity index (χ4v) is 4.78. The van der Waals surface area contributed by atoms with Crippen molar-refractivity contribution in [3.05, 3.63) is 29.8 Å². The molecule has 3 atom stereocenters. The van der Waals surface area contributed by atoms with Gasteiger partial charge < -0.3 is 10.1 Å². The number of amidine groups is 1. The topological polar surface area (TPSA) is 100 Å². The van der Waals surface area contributed by atoms with Crippen LogP contribution in [0.25, 0.3) is 0 Å². The van der Waals surface area contributed by atoms with Crippen molar-refractivity contribution in [1.82, 2.24) is 14.9 Å². The normalized spacial score (nSPS) is 23.1. The fraction of sp³-hybridized carbons (Fsp3) is 0.600. The van der Waals surface area contributed by atoms with Crippen LogP contribution in [0.2, 0.25) is 0 Å². The molecule has 9 heteroatoms. The van der Waals surface area contributed by atoms with Crippen LogP contribution in [-0.4, -0.2) is 70.0 Å². The van der Waals surface area contributed by atoms with Gasteiger partial charge in [0.15, 0.2) is 0 Å². The summed E-state index contributed by atoms with van der Waals surface area (Å²) in [5.41, 5.74) is 0.510. The van der Waals surface area contributed by atoms with Gasteiger partial charge in [-0.05, 0) is 25.0 Å². The first-order chi connectivity index (χ1) is 13.8. The average Bonchev–Trinajstić information content (AvgIpc) is 3.00. The van der Waals surface area contributed by atoms with Gasteiger partial charge in [-0.1, -0.05) is 32.4 Å². The summed E-state index contributed by atoms with van der Waals surface area (Å²) in [5, 5.41) is 3.01. The maximum absolute atomic E-state index is 13.0. The van der Waals surface area contributed by atoms with Gasteiger partial charge in [0, 0.05) is 31.2 Å². The zero-order chi connectivity index (χ0) is 21.0. The van der Waals surface area contributed by atoms with E-state index in [0.717, 1.165) is 19.5 Å². The maximum Gasteiger partial charge on any atom is 0.263 e. The summed E-state index contributed by atoms with van der Waals surface area (Å²) in [6.07, 6.45) is 0.752. The van der Waals surface area contributed by atoms with Crippen molar-refractivity contribution in [3.63, 3.8) is 0 Å². The Bertz CT molecular complexity index is 865. The molecule has 1 fully saturated rings. The highest BCUT2D eigenvalue weighted by Crippen LogP contribution is 2.24. The summed E-state index contributed by atoms with van der Waals surface area (Å²) in [5.74, 6) is 0.0243. The van der Waals surface area contributed by atoms with E-state index in [4.69, 9.17) is 4.74 Å². The first-order valence-corrected chi connectivity index (χ1v) is 11.6. The van der Waals surface area contributed by atoms with E-state index in [-0.39, 0.29) is 28.6 Å².